The fourth-order valence-electron chi connectivity index (χ4n) is 2.60. The number of para-hydroxylation sites is 1. The molecule has 0 aliphatic rings. The summed E-state index contributed by atoms with van der Waals surface area (Å²) in [5.74, 6) is 1.20. The van der Waals surface area contributed by atoms with Gasteiger partial charge in [-0.05, 0) is 25.3 Å². The predicted molar refractivity (Wildman–Crippen MR) is 87.2 cm³/mol. The van der Waals surface area contributed by atoms with Crippen molar-refractivity contribution in [2.75, 3.05) is 0 Å². The van der Waals surface area contributed by atoms with Crippen molar-refractivity contribution in [1.29, 1.82) is 0 Å². The van der Waals surface area contributed by atoms with E-state index >= 15 is 0 Å². The third-order valence-corrected chi connectivity index (χ3v) is 3.73. The fraction of sp³-hybridized carbons (Fsp3) is 0.474. The van der Waals surface area contributed by atoms with Gasteiger partial charge in [-0.15, -0.1) is 0 Å². The van der Waals surface area contributed by atoms with E-state index in [1.165, 1.54) is 48.8 Å². The normalized spacial score (nSPS) is 11.7. The molecule has 0 unspecified atom stereocenters. The van der Waals surface area contributed by atoms with E-state index in [4.69, 9.17) is 4.42 Å². The number of hydrogen-bond donors (Lipinski definition) is 0. The van der Waals surface area contributed by atoms with Crippen LogP contribution in [0.5, 0.6) is 0 Å². The van der Waals surface area contributed by atoms with Gasteiger partial charge in [-0.1, -0.05) is 63.5 Å². The van der Waals surface area contributed by atoms with Gasteiger partial charge < -0.3 is 4.42 Å². The third-order valence-electron chi connectivity index (χ3n) is 3.73. The fourth-order valence-corrected chi connectivity index (χ4v) is 2.60. The van der Waals surface area contributed by atoms with Crippen LogP contribution in [0.2, 0.25) is 0 Å². The molecule has 0 fully saturated rings. The minimum atomic E-state index is 0.998. The molecular formula is C19H26O. The molecule has 2 rings (SSSR count). The highest BCUT2D eigenvalue weighted by Crippen LogP contribution is 2.28. The molecule has 108 valence electrons. The first-order valence-corrected chi connectivity index (χ1v) is 8.01. The monoisotopic (exact) mass is 270 g/mol. The molecule has 1 heterocycles. The molecule has 0 amide bonds. The van der Waals surface area contributed by atoms with Gasteiger partial charge in [0.2, 0.25) is 0 Å². The molecule has 0 spiro atoms. The molecule has 0 radical (unpaired) electrons. The first-order valence-electron chi connectivity index (χ1n) is 8.01. The molecule has 1 aromatic heterocycles. The average molecular weight is 270 g/mol. The van der Waals surface area contributed by atoms with Gasteiger partial charge in [-0.2, -0.15) is 0 Å². The summed E-state index contributed by atoms with van der Waals surface area (Å²) in [6.07, 6.45) is 12.8. The lowest BCUT2D eigenvalue weighted by Crippen LogP contribution is -1.89. The van der Waals surface area contributed by atoms with Crippen molar-refractivity contribution in [3.63, 3.8) is 0 Å². The second kappa shape index (κ2) is 7.94. The molecule has 0 atom stereocenters. The standard InChI is InChI=1S/C19H26O/c1-3-5-7-9-12-16-17-13-10-11-15-19(17)20-18(16)14-8-6-4-2/h7,9-11,13,15H,3-6,8,12,14H2,1-2H3/b9-7+. The number of unbranched alkanes of at least 4 members (excludes halogenated alkanes) is 3. The van der Waals surface area contributed by atoms with Gasteiger partial charge in [0.1, 0.15) is 11.3 Å². The number of fused-ring (bicyclic) bond motifs is 1. The summed E-state index contributed by atoms with van der Waals surface area (Å²) < 4.78 is 6.07. The van der Waals surface area contributed by atoms with E-state index in [0.29, 0.717) is 0 Å². The van der Waals surface area contributed by atoms with Crippen LogP contribution in [0.3, 0.4) is 0 Å². The van der Waals surface area contributed by atoms with Crippen molar-refractivity contribution in [1.82, 2.24) is 0 Å². The molecular weight excluding hydrogens is 244 g/mol. The number of allylic oxidation sites excluding steroid dienone is 2. The van der Waals surface area contributed by atoms with Crippen molar-refractivity contribution in [3.8, 4) is 0 Å². The van der Waals surface area contributed by atoms with E-state index in [1.807, 2.05) is 0 Å². The van der Waals surface area contributed by atoms with E-state index < -0.39 is 0 Å². The zero-order chi connectivity index (χ0) is 14.2. The summed E-state index contributed by atoms with van der Waals surface area (Å²) in [5, 5.41) is 1.29. The van der Waals surface area contributed by atoms with Gasteiger partial charge in [-0.3, -0.25) is 0 Å². The highest BCUT2D eigenvalue weighted by Gasteiger charge is 2.12. The van der Waals surface area contributed by atoms with E-state index in [-0.39, 0.29) is 0 Å². The quantitative estimate of drug-likeness (QED) is 0.419. The molecule has 20 heavy (non-hydrogen) atoms. The Balaban J connectivity index is 2.20. The second-order valence-electron chi connectivity index (χ2n) is 5.42. The Morgan fingerprint density at radius 2 is 1.85 bits per heavy atom. The predicted octanol–water partition coefficient (Wildman–Crippen LogP) is 6.06. The summed E-state index contributed by atoms with van der Waals surface area (Å²) in [5.41, 5.74) is 2.43. The number of furan rings is 1. The zero-order valence-electron chi connectivity index (χ0n) is 12.8. The maximum atomic E-state index is 6.07. The second-order valence-corrected chi connectivity index (χ2v) is 5.42. The van der Waals surface area contributed by atoms with Crippen LogP contribution in [0.15, 0.2) is 40.8 Å². The van der Waals surface area contributed by atoms with Crippen molar-refractivity contribution < 1.29 is 4.42 Å². The molecule has 0 aliphatic heterocycles. The lowest BCUT2D eigenvalue weighted by molar-refractivity contribution is 0.526. The van der Waals surface area contributed by atoms with E-state index in [2.05, 4.69) is 50.3 Å². The van der Waals surface area contributed by atoms with Crippen molar-refractivity contribution in [3.05, 3.63) is 47.7 Å². The summed E-state index contributed by atoms with van der Waals surface area (Å²) >= 11 is 0. The molecule has 0 N–H and O–H groups in total. The van der Waals surface area contributed by atoms with Gasteiger partial charge in [0.15, 0.2) is 0 Å². The Labute approximate surface area is 122 Å². The highest BCUT2D eigenvalue weighted by molar-refractivity contribution is 5.82. The van der Waals surface area contributed by atoms with E-state index in [9.17, 15) is 0 Å². The summed E-state index contributed by atoms with van der Waals surface area (Å²) in [4.78, 5) is 0. The van der Waals surface area contributed by atoms with Crippen LogP contribution in [-0.4, -0.2) is 0 Å². The van der Waals surface area contributed by atoms with Crippen molar-refractivity contribution in [2.24, 2.45) is 0 Å². The van der Waals surface area contributed by atoms with Gasteiger partial charge in [0.05, 0.1) is 0 Å². The Kier molecular flexibility index (Phi) is 5.91. The SMILES string of the molecule is CCC/C=C/Cc1c(CCCCC)oc2ccccc12. The number of benzene rings is 1. The molecule has 2 aromatic rings. The topological polar surface area (TPSA) is 13.1 Å². The van der Waals surface area contributed by atoms with Crippen LogP contribution < -0.4 is 0 Å². The first kappa shape index (κ1) is 14.9. The summed E-state index contributed by atoms with van der Waals surface area (Å²) in [6.45, 7) is 4.46. The van der Waals surface area contributed by atoms with Crippen LogP contribution >= 0.6 is 0 Å². The Morgan fingerprint density at radius 1 is 1.00 bits per heavy atom. The molecule has 1 aromatic carbocycles. The minimum absolute atomic E-state index is 0.998. The Morgan fingerprint density at radius 3 is 2.65 bits per heavy atom. The van der Waals surface area contributed by atoms with Crippen LogP contribution in [0.1, 0.15) is 57.3 Å². The van der Waals surface area contributed by atoms with E-state index in [1.54, 1.807) is 0 Å². The largest absolute Gasteiger partial charge is 0.461 e. The van der Waals surface area contributed by atoms with Crippen LogP contribution in [0, 0.1) is 0 Å². The maximum absolute atomic E-state index is 6.07. The van der Waals surface area contributed by atoms with Gasteiger partial charge in [0, 0.05) is 17.4 Å². The maximum Gasteiger partial charge on any atom is 0.134 e. The highest BCUT2D eigenvalue weighted by atomic mass is 16.3. The number of hydrogen-bond acceptors (Lipinski definition) is 1. The first-order chi connectivity index (χ1) is 9.86. The molecule has 0 saturated carbocycles. The number of rotatable bonds is 8. The van der Waals surface area contributed by atoms with Gasteiger partial charge >= 0.3 is 0 Å². The van der Waals surface area contributed by atoms with Gasteiger partial charge in [0.25, 0.3) is 0 Å². The lowest BCUT2D eigenvalue weighted by atomic mass is 10.0. The summed E-state index contributed by atoms with van der Waals surface area (Å²) in [6, 6.07) is 8.42. The number of aryl methyl sites for hydroxylation is 1. The van der Waals surface area contributed by atoms with Crippen LogP contribution in [0.4, 0.5) is 0 Å². The summed E-state index contributed by atoms with van der Waals surface area (Å²) in [7, 11) is 0. The minimum Gasteiger partial charge on any atom is -0.461 e. The van der Waals surface area contributed by atoms with E-state index in [0.717, 1.165) is 18.4 Å². The molecule has 1 nitrogen and oxygen atoms in total. The molecule has 0 saturated heterocycles. The molecule has 1 heteroatoms. The Hall–Kier alpha value is -1.50. The lowest BCUT2D eigenvalue weighted by Gasteiger charge is -2.00. The van der Waals surface area contributed by atoms with Crippen LogP contribution in [-0.2, 0) is 12.8 Å². The van der Waals surface area contributed by atoms with Gasteiger partial charge in [-0.25, -0.2) is 0 Å². The Bertz CT molecular complexity index is 548. The van der Waals surface area contributed by atoms with Crippen molar-refractivity contribution >= 4 is 11.0 Å². The van der Waals surface area contributed by atoms with Crippen molar-refractivity contribution in [2.45, 2.75) is 58.8 Å². The van der Waals surface area contributed by atoms with Crippen LogP contribution in [0.25, 0.3) is 11.0 Å². The average Bonchev–Trinajstić information content (AvgIpc) is 2.82. The molecule has 0 bridgehead atoms. The third kappa shape index (κ3) is 3.75. The zero-order valence-corrected chi connectivity index (χ0v) is 12.8. The smallest absolute Gasteiger partial charge is 0.134 e. The molecule has 0 aliphatic carbocycles.